The number of carbonyl (C=O) groups is 1. The zero-order valence-corrected chi connectivity index (χ0v) is 20.2. The Hall–Kier alpha value is -3.27. The van der Waals surface area contributed by atoms with Gasteiger partial charge in [0.1, 0.15) is 19.0 Å². The lowest BCUT2D eigenvalue weighted by Crippen LogP contribution is -2.27. The van der Waals surface area contributed by atoms with E-state index in [0.29, 0.717) is 52.3 Å². The first-order valence-corrected chi connectivity index (χ1v) is 12.2. The van der Waals surface area contributed by atoms with Crippen LogP contribution in [0.4, 0.5) is 5.69 Å². The summed E-state index contributed by atoms with van der Waals surface area (Å²) >= 11 is 5.87. The molecule has 0 saturated carbocycles. The van der Waals surface area contributed by atoms with Crippen molar-refractivity contribution in [3.63, 3.8) is 0 Å². The van der Waals surface area contributed by atoms with Crippen LogP contribution >= 0.6 is 11.6 Å². The van der Waals surface area contributed by atoms with Crippen molar-refractivity contribution >= 4 is 33.2 Å². The van der Waals surface area contributed by atoms with Crippen molar-refractivity contribution in [2.24, 2.45) is 0 Å². The van der Waals surface area contributed by atoms with Crippen molar-refractivity contribution in [1.82, 2.24) is 4.31 Å². The number of nitrogens with one attached hydrogen (secondary N) is 1. The van der Waals surface area contributed by atoms with Gasteiger partial charge in [-0.3, -0.25) is 4.79 Å². The number of hydrogen-bond donors (Lipinski definition) is 1. The number of methoxy groups -OCH3 is 1. The lowest BCUT2D eigenvalue weighted by molar-refractivity contribution is 0.102. The maximum atomic E-state index is 13.0. The Labute approximate surface area is 203 Å². The number of anilines is 1. The molecule has 10 heteroatoms. The molecule has 34 heavy (non-hydrogen) atoms. The molecule has 3 aromatic carbocycles. The van der Waals surface area contributed by atoms with Crippen molar-refractivity contribution in [3.05, 3.63) is 76.8 Å². The molecule has 0 unspecified atom stereocenters. The average molecular weight is 503 g/mol. The molecule has 8 nitrogen and oxygen atoms in total. The van der Waals surface area contributed by atoms with Crippen LogP contribution in [0.25, 0.3) is 0 Å². The maximum Gasteiger partial charge on any atom is 0.255 e. The largest absolute Gasteiger partial charge is 0.496 e. The Morgan fingerprint density at radius 3 is 2.44 bits per heavy atom. The normalized spacial score (nSPS) is 12.9. The molecular weight excluding hydrogens is 480 g/mol. The summed E-state index contributed by atoms with van der Waals surface area (Å²) in [6.45, 7) is 0.924. The van der Waals surface area contributed by atoms with E-state index >= 15 is 0 Å². The fourth-order valence-corrected chi connectivity index (χ4v) is 4.75. The topological polar surface area (TPSA) is 94.2 Å². The Morgan fingerprint density at radius 2 is 1.74 bits per heavy atom. The molecular formula is C24H23ClN2O6S. The summed E-state index contributed by atoms with van der Waals surface area (Å²) in [7, 11) is -0.825. The quantitative estimate of drug-likeness (QED) is 0.520. The highest BCUT2D eigenvalue weighted by atomic mass is 35.5. The van der Waals surface area contributed by atoms with E-state index < -0.39 is 10.0 Å². The van der Waals surface area contributed by atoms with Crippen LogP contribution in [0.3, 0.4) is 0 Å². The van der Waals surface area contributed by atoms with E-state index in [1.807, 2.05) is 0 Å². The van der Waals surface area contributed by atoms with Crippen LogP contribution in [0.2, 0.25) is 5.02 Å². The number of sulfonamides is 1. The number of rotatable bonds is 7. The van der Waals surface area contributed by atoms with Crippen LogP contribution in [-0.2, 0) is 16.6 Å². The summed E-state index contributed by atoms with van der Waals surface area (Å²) in [5.74, 6) is 1.30. The number of carbonyl (C=O) groups excluding carboxylic acids is 1. The van der Waals surface area contributed by atoms with E-state index in [2.05, 4.69) is 5.32 Å². The summed E-state index contributed by atoms with van der Waals surface area (Å²) in [6, 6.07) is 16.0. The second kappa shape index (κ2) is 9.92. The summed E-state index contributed by atoms with van der Waals surface area (Å²) in [6.07, 6.45) is 0. The third-order valence-electron chi connectivity index (χ3n) is 5.26. The highest BCUT2D eigenvalue weighted by Crippen LogP contribution is 2.33. The molecule has 0 bridgehead atoms. The monoisotopic (exact) mass is 502 g/mol. The van der Waals surface area contributed by atoms with Gasteiger partial charge < -0.3 is 19.5 Å². The van der Waals surface area contributed by atoms with Gasteiger partial charge in [0.25, 0.3) is 5.91 Å². The highest BCUT2D eigenvalue weighted by molar-refractivity contribution is 7.89. The third kappa shape index (κ3) is 5.11. The molecule has 1 aliphatic heterocycles. The number of ether oxygens (including phenoxy) is 3. The molecule has 0 aromatic heterocycles. The van der Waals surface area contributed by atoms with E-state index in [9.17, 15) is 13.2 Å². The molecule has 0 atom stereocenters. The van der Waals surface area contributed by atoms with Gasteiger partial charge in [0.15, 0.2) is 11.5 Å². The van der Waals surface area contributed by atoms with Crippen LogP contribution in [0.5, 0.6) is 17.2 Å². The Kier molecular flexibility index (Phi) is 6.97. The van der Waals surface area contributed by atoms with Crippen LogP contribution in [0.15, 0.2) is 65.6 Å². The molecule has 0 radical (unpaired) electrons. The zero-order chi connectivity index (χ0) is 24.3. The van der Waals surface area contributed by atoms with Crippen LogP contribution in [0, 0.1) is 0 Å². The van der Waals surface area contributed by atoms with E-state index in [1.54, 1.807) is 36.4 Å². The molecule has 0 aliphatic carbocycles. The number of benzene rings is 3. The molecule has 1 heterocycles. The summed E-state index contributed by atoms with van der Waals surface area (Å²) in [5, 5.41) is 3.27. The van der Waals surface area contributed by atoms with Gasteiger partial charge in [0, 0.05) is 41.5 Å². The van der Waals surface area contributed by atoms with Gasteiger partial charge in [-0.25, -0.2) is 8.42 Å². The molecule has 3 aromatic rings. The van der Waals surface area contributed by atoms with Gasteiger partial charge in [-0.1, -0.05) is 11.6 Å². The van der Waals surface area contributed by atoms with Crippen LogP contribution in [0.1, 0.15) is 15.9 Å². The van der Waals surface area contributed by atoms with Gasteiger partial charge >= 0.3 is 0 Å². The Balaban J connectivity index is 1.54. The van der Waals surface area contributed by atoms with E-state index in [1.165, 1.54) is 42.7 Å². The van der Waals surface area contributed by atoms with Crippen molar-refractivity contribution in [1.29, 1.82) is 0 Å². The minimum atomic E-state index is -3.78. The predicted octanol–water partition coefficient (Wildman–Crippen LogP) is 4.19. The summed E-state index contributed by atoms with van der Waals surface area (Å²) in [4.78, 5) is 13.0. The molecule has 1 N–H and O–H groups in total. The second-order valence-electron chi connectivity index (χ2n) is 7.55. The first kappa shape index (κ1) is 23.9. The zero-order valence-electron chi connectivity index (χ0n) is 18.6. The first-order chi connectivity index (χ1) is 16.3. The standard InChI is InChI=1S/C24H23ClN2O6S/c1-27(34(29,30)20-7-4-18(25)5-8-20)15-17-13-16(3-9-21(17)31-2)24(28)26-19-6-10-22-23(14-19)33-12-11-32-22/h3-10,13-14H,11-12,15H2,1-2H3,(H,26,28). The van der Waals surface area contributed by atoms with Crippen molar-refractivity contribution in [2.75, 3.05) is 32.7 Å². The average Bonchev–Trinajstić information content (AvgIpc) is 2.84. The van der Waals surface area contributed by atoms with E-state index in [4.69, 9.17) is 25.8 Å². The molecule has 0 saturated heterocycles. The van der Waals surface area contributed by atoms with Crippen molar-refractivity contribution < 1.29 is 27.4 Å². The van der Waals surface area contributed by atoms with Crippen molar-refractivity contribution in [2.45, 2.75) is 11.4 Å². The number of fused-ring (bicyclic) bond motifs is 1. The van der Waals surface area contributed by atoms with Crippen LogP contribution < -0.4 is 19.5 Å². The molecule has 4 rings (SSSR count). The van der Waals surface area contributed by atoms with Gasteiger partial charge in [-0.2, -0.15) is 4.31 Å². The molecule has 0 spiro atoms. The highest BCUT2D eigenvalue weighted by Gasteiger charge is 2.23. The van der Waals surface area contributed by atoms with Crippen LogP contribution in [-0.4, -0.2) is 46.0 Å². The van der Waals surface area contributed by atoms with E-state index in [-0.39, 0.29) is 17.3 Å². The third-order valence-corrected chi connectivity index (χ3v) is 7.33. The lowest BCUT2D eigenvalue weighted by Gasteiger charge is -2.20. The fourth-order valence-electron chi connectivity index (χ4n) is 3.48. The smallest absolute Gasteiger partial charge is 0.255 e. The number of hydrogen-bond acceptors (Lipinski definition) is 6. The number of halogens is 1. The van der Waals surface area contributed by atoms with E-state index in [0.717, 1.165) is 0 Å². The number of nitrogens with zero attached hydrogens (tertiary/aromatic N) is 1. The number of amides is 1. The minimum absolute atomic E-state index is 0.000717. The molecule has 1 aliphatic rings. The SMILES string of the molecule is COc1ccc(C(=O)Nc2ccc3c(c2)OCCO3)cc1CN(C)S(=O)(=O)c1ccc(Cl)cc1. The fraction of sp³-hybridized carbons (Fsp3) is 0.208. The Morgan fingerprint density at radius 1 is 1.03 bits per heavy atom. The second-order valence-corrected chi connectivity index (χ2v) is 10.0. The lowest BCUT2D eigenvalue weighted by atomic mass is 10.1. The minimum Gasteiger partial charge on any atom is -0.496 e. The Bertz CT molecular complexity index is 1310. The van der Waals surface area contributed by atoms with Gasteiger partial charge in [0.05, 0.1) is 12.0 Å². The van der Waals surface area contributed by atoms with Gasteiger partial charge in [-0.05, 0) is 54.6 Å². The summed E-state index contributed by atoms with van der Waals surface area (Å²) < 4.78 is 43.6. The predicted molar refractivity (Wildman–Crippen MR) is 128 cm³/mol. The molecule has 1 amide bonds. The first-order valence-electron chi connectivity index (χ1n) is 10.4. The van der Waals surface area contributed by atoms with Crippen molar-refractivity contribution in [3.8, 4) is 17.2 Å². The molecule has 178 valence electrons. The maximum absolute atomic E-state index is 13.0. The van der Waals surface area contributed by atoms with Gasteiger partial charge in [0.2, 0.25) is 10.0 Å². The van der Waals surface area contributed by atoms with Gasteiger partial charge in [-0.15, -0.1) is 0 Å². The molecule has 0 fully saturated rings. The summed E-state index contributed by atoms with van der Waals surface area (Å²) in [5.41, 5.74) is 1.44.